The highest BCUT2D eigenvalue weighted by Crippen LogP contribution is 2.13. The van der Waals surface area contributed by atoms with Crippen molar-refractivity contribution >= 4 is 5.91 Å². The van der Waals surface area contributed by atoms with Gasteiger partial charge in [-0.3, -0.25) is 4.79 Å². The minimum absolute atomic E-state index is 0.0171. The van der Waals surface area contributed by atoms with Gasteiger partial charge in [-0.05, 0) is 31.5 Å². The summed E-state index contributed by atoms with van der Waals surface area (Å²) < 4.78 is 13.1. The average Bonchev–Trinajstić information content (AvgIpc) is 2.31. The minimum Gasteiger partial charge on any atom is -0.369 e. The fraction of sp³-hybridized carbons (Fsp3) is 0.385. The van der Waals surface area contributed by atoms with Crippen LogP contribution in [0.1, 0.15) is 25.0 Å². The lowest BCUT2D eigenvalue weighted by molar-refractivity contribution is -0.125. The molecule has 0 atom stereocenters. The minimum atomic E-state index is -0.641. The Kier molecular flexibility index (Phi) is 4.40. The molecule has 0 heterocycles. The lowest BCUT2D eigenvalue weighted by atomic mass is 9.93. The number of nitrogens with two attached hydrogens (primary N) is 1. The number of hydrogen-bond donors (Lipinski definition) is 2. The molecule has 18 heavy (non-hydrogen) atoms. The molecule has 1 rings (SSSR count). The monoisotopic (exact) mass is 249 g/mol. The number of carbonyl (C=O) groups is 1. The van der Waals surface area contributed by atoms with Gasteiger partial charge >= 0.3 is 0 Å². The van der Waals surface area contributed by atoms with Crippen molar-refractivity contribution < 1.29 is 9.18 Å². The van der Waals surface area contributed by atoms with E-state index in [-0.39, 0.29) is 11.5 Å². The molecule has 5 heteroatoms. The van der Waals surface area contributed by atoms with Crippen molar-refractivity contribution in [2.75, 3.05) is 6.54 Å². The number of rotatable bonds is 5. The third-order valence-electron chi connectivity index (χ3n) is 2.71. The van der Waals surface area contributed by atoms with Crippen LogP contribution in [0, 0.1) is 22.6 Å². The van der Waals surface area contributed by atoms with Crippen LogP contribution >= 0.6 is 0 Å². The highest BCUT2D eigenvalue weighted by atomic mass is 19.1. The van der Waals surface area contributed by atoms with E-state index in [9.17, 15) is 9.18 Å². The third-order valence-corrected chi connectivity index (χ3v) is 2.71. The molecule has 0 aliphatic heterocycles. The highest BCUT2D eigenvalue weighted by Gasteiger charge is 2.23. The summed E-state index contributed by atoms with van der Waals surface area (Å²) in [5, 5.41) is 11.8. The normalized spacial score (nSPS) is 11.0. The van der Waals surface area contributed by atoms with Gasteiger partial charge in [0, 0.05) is 13.1 Å². The van der Waals surface area contributed by atoms with Crippen LogP contribution in [0.3, 0.4) is 0 Å². The van der Waals surface area contributed by atoms with Crippen molar-refractivity contribution in [1.82, 2.24) is 5.32 Å². The number of nitriles is 1. The lowest BCUT2D eigenvalue weighted by Crippen LogP contribution is -2.40. The molecule has 0 saturated carbocycles. The summed E-state index contributed by atoms with van der Waals surface area (Å²) in [5.74, 6) is -0.912. The maximum atomic E-state index is 13.1. The largest absolute Gasteiger partial charge is 0.369 e. The van der Waals surface area contributed by atoms with Gasteiger partial charge in [-0.25, -0.2) is 4.39 Å². The molecule has 0 aliphatic carbocycles. The molecule has 0 spiro atoms. The van der Waals surface area contributed by atoms with Crippen molar-refractivity contribution in [3.05, 3.63) is 35.1 Å². The number of primary amides is 1. The van der Waals surface area contributed by atoms with Crippen molar-refractivity contribution in [2.24, 2.45) is 11.1 Å². The third kappa shape index (κ3) is 3.54. The molecule has 96 valence electrons. The Balaban J connectivity index is 2.60. The predicted molar refractivity (Wildman–Crippen MR) is 65.8 cm³/mol. The van der Waals surface area contributed by atoms with Gasteiger partial charge in [-0.2, -0.15) is 5.26 Å². The average molecular weight is 249 g/mol. The first-order valence-corrected chi connectivity index (χ1v) is 5.56. The summed E-state index contributed by atoms with van der Waals surface area (Å²) in [6.07, 6.45) is 0. The van der Waals surface area contributed by atoms with Crippen LogP contribution in [0.2, 0.25) is 0 Å². The van der Waals surface area contributed by atoms with E-state index in [4.69, 9.17) is 11.0 Å². The molecule has 1 amide bonds. The van der Waals surface area contributed by atoms with Gasteiger partial charge in [0.2, 0.25) is 5.91 Å². The second-order valence-corrected chi connectivity index (χ2v) is 4.78. The first kappa shape index (κ1) is 14.1. The molecule has 0 saturated heterocycles. The van der Waals surface area contributed by atoms with E-state index in [1.807, 2.05) is 0 Å². The van der Waals surface area contributed by atoms with Crippen LogP contribution in [-0.2, 0) is 11.3 Å². The molecule has 0 unspecified atom stereocenters. The number of halogens is 1. The zero-order chi connectivity index (χ0) is 13.8. The van der Waals surface area contributed by atoms with Gasteiger partial charge < -0.3 is 11.1 Å². The molecular formula is C13H16FN3O. The Hall–Kier alpha value is -1.93. The van der Waals surface area contributed by atoms with Crippen molar-refractivity contribution in [1.29, 1.82) is 5.26 Å². The van der Waals surface area contributed by atoms with E-state index < -0.39 is 11.2 Å². The molecule has 0 aliphatic rings. The summed E-state index contributed by atoms with van der Waals surface area (Å²) in [5.41, 5.74) is 5.41. The molecular weight excluding hydrogens is 233 g/mol. The van der Waals surface area contributed by atoms with Crippen molar-refractivity contribution in [3.8, 4) is 6.07 Å². The lowest BCUT2D eigenvalue weighted by Gasteiger charge is -2.20. The molecule has 1 aromatic carbocycles. The van der Waals surface area contributed by atoms with E-state index in [2.05, 4.69) is 5.32 Å². The van der Waals surface area contributed by atoms with Gasteiger partial charge in [0.05, 0.1) is 11.0 Å². The summed E-state index contributed by atoms with van der Waals surface area (Å²) >= 11 is 0. The maximum Gasteiger partial charge on any atom is 0.224 e. The zero-order valence-electron chi connectivity index (χ0n) is 10.5. The van der Waals surface area contributed by atoms with E-state index in [1.165, 1.54) is 12.1 Å². The smallest absolute Gasteiger partial charge is 0.224 e. The second kappa shape index (κ2) is 5.61. The Bertz CT molecular complexity index is 491. The zero-order valence-corrected chi connectivity index (χ0v) is 10.5. The number of amides is 1. The summed E-state index contributed by atoms with van der Waals surface area (Å²) in [7, 11) is 0. The summed E-state index contributed by atoms with van der Waals surface area (Å²) in [4.78, 5) is 11.1. The number of carbonyl (C=O) groups excluding carboxylic acids is 1. The quantitative estimate of drug-likeness (QED) is 0.825. The van der Waals surface area contributed by atoms with E-state index in [0.29, 0.717) is 13.1 Å². The Morgan fingerprint density at radius 1 is 1.56 bits per heavy atom. The molecule has 0 bridgehead atoms. The molecule has 0 aromatic heterocycles. The Labute approximate surface area is 106 Å². The van der Waals surface area contributed by atoms with Gasteiger partial charge in [0.15, 0.2) is 0 Å². The Morgan fingerprint density at radius 2 is 2.22 bits per heavy atom. The number of benzene rings is 1. The standard InChI is InChI=1S/C13H16FN3O/c1-13(2,12(16)18)8-17-7-9-3-4-11(14)10(5-9)6-15/h3-5,17H,7-8H2,1-2H3,(H2,16,18). The highest BCUT2D eigenvalue weighted by molar-refractivity contribution is 5.80. The number of nitrogens with zero attached hydrogens (tertiary/aromatic N) is 1. The summed E-state index contributed by atoms with van der Waals surface area (Å²) in [6.45, 7) is 4.36. The molecule has 1 aromatic rings. The maximum absolute atomic E-state index is 13.1. The van der Waals surface area contributed by atoms with E-state index in [0.717, 1.165) is 5.56 Å². The predicted octanol–water partition coefficient (Wildman–Crippen LogP) is 1.30. The summed E-state index contributed by atoms with van der Waals surface area (Å²) in [6, 6.07) is 6.13. The SMILES string of the molecule is CC(C)(CNCc1ccc(F)c(C#N)c1)C(N)=O. The first-order valence-electron chi connectivity index (χ1n) is 5.56. The van der Waals surface area contributed by atoms with Crippen LogP contribution in [0.25, 0.3) is 0 Å². The van der Waals surface area contributed by atoms with Crippen molar-refractivity contribution in [3.63, 3.8) is 0 Å². The second-order valence-electron chi connectivity index (χ2n) is 4.78. The van der Waals surface area contributed by atoms with Gasteiger partial charge in [0.25, 0.3) is 0 Å². The number of hydrogen-bond acceptors (Lipinski definition) is 3. The molecule has 4 nitrogen and oxygen atoms in total. The Morgan fingerprint density at radius 3 is 2.78 bits per heavy atom. The fourth-order valence-corrected chi connectivity index (χ4v) is 1.37. The fourth-order valence-electron chi connectivity index (χ4n) is 1.37. The van der Waals surface area contributed by atoms with Crippen molar-refractivity contribution in [2.45, 2.75) is 20.4 Å². The molecule has 3 N–H and O–H groups in total. The molecule has 0 fully saturated rings. The topological polar surface area (TPSA) is 78.9 Å². The van der Waals surface area contributed by atoms with Crippen LogP contribution in [0.4, 0.5) is 4.39 Å². The van der Waals surface area contributed by atoms with Gasteiger partial charge in [-0.15, -0.1) is 0 Å². The van der Waals surface area contributed by atoms with Crippen LogP contribution in [0.15, 0.2) is 18.2 Å². The van der Waals surface area contributed by atoms with E-state index >= 15 is 0 Å². The first-order chi connectivity index (χ1) is 8.36. The van der Waals surface area contributed by atoms with Gasteiger partial charge in [0.1, 0.15) is 11.9 Å². The van der Waals surface area contributed by atoms with Crippen LogP contribution < -0.4 is 11.1 Å². The number of nitrogens with one attached hydrogen (secondary N) is 1. The van der Waals surface area contributed by atoms with Crippen LogP contribution in [0.5, 0.6) is 0 Å². The van der Waals surface area contributed by atoms with Gasteiger partial charge in [-0.1, -0.05) is 6.07 Å². The molecule has 0 radical (unpaired) electrons. The van der Waals surface area contributed by atoms with E-state index in [1.54, 1.807) is 26.0 Å². The van der Waals surface area contributed by atoms with Crippen LogP contribution in [-0.4, -0.2) is 12.5 Å².